The van der Waals surface area contributed by atoms with E-state index in [1.807, 2.05) is 18.2 Å². The third-order valence-electron chi connectivity index (χ3n) is 5.14. The third-order valence-corrected chi connectivity index (χ3v) is 5.14. The molecule has 0 aliphatic heterocycles. The molecule has 134 valence electrons. The van der Waals surface area contributed by atoms with Gasteiger partial charge >= 0.3 is 5.97 Å². The van der Waals surface area contributed by atoms with Gasteiger partial charge in [0.25, 0.3) is 0 Å². The zero-order valence-corrected chi connectivity index (χ0v) is 14.8. The highest BCUT2D eigenvalue weighted by atomic mass is 16.5. The smallest absolute Gasteiger partial charge is 0.337 e. The zero-order chi connectivity index (χ0) is 18.1. The van der Waals surface area contributed by atoms with Crippen LogP contribution in [0.2, 0.25) is 0 Å². The lowest BCUT2D eigenvalue weighted by molar-refractivity contribution is 0.0601. The second-order valence-corrected chi connectivity index (χ2v) is 6.81. The van der Waals surface area contributed by atoms with E-state index in [9.17, 15) is 4.79 Å². The average Bonchev–Trinajstić information content (AvgIpc) is 3.13. The molecule has 0 amide bonds. The number of hydrogen-bond donors (Lipinski definition) is 1. The molecule has 2 aromatic heterocycles. The number of esters is 1. The Hall–Kier alpha value is -2.89. The van der Waals surface area contributed by atoms with Gasteiger partial charge in [0.1, 0.15) is 5.82 Å². The van der Waals surface area contributed by atoms with Gasteiger partial charge in [-0.05, 0) is 30.5 Å². The zero-order valence-electron chi connectivity index (χ0n) is 14.8. The molecule has 1 aliphatic carbocycles. The molecule has 26 heavy (non-hydrogen) atoms. The van der Waals surface area contributed by atoms with Gasteiger partial charge in [-0.1, -0.05) is 31.4 Å². The lowest BCUT2D eigenvalue weighted by atomic mass is 9.87. The van der Waals surface area contributed by atoms with Gasteiger partial charge in [-0.25, -0.2) is 9.78 Å². The molecule has 6 nitrogen and oxygen atoms in total. The molecular formula is C20H22N4O2. The van der Waals surface area contributed by atoms with Crippen LogP contribution in [0, 0.1) is 0 Å². The Bertz CT molecular complexity index is 958. The number of hydrogen-bond acceptors (Lipinski definition) is 5. The largest absolute Gasteiger partial charge is 0.465 e. The first-order chi connectivity index (χ1) is 12.7. The SMILES string of the molecule is COC(=O)c1cccc(-c2cnn3c(N)cc(C4CCCCC4)nc23)c1. The van der Waals surface area contributed by atoms with Crippen molar-refractivity contribution >= 4 is 17.4 Å². The molecule has 0 saturated heterocycles. The monoisotopic (exact) mass is 350 g/mol. The molecule has 0 radical (unpaired) electrons. The molecule has 1 fully saturated rings. The van der Waals surface area contributed by atoms with Crippen LogP contribution in [0.1, 0.15) is 54.1 Å². The van der Waals surface area contributed by atoms with Crippen LogP contribution < -0.4 is 5.73 Å². The van der Waals surface area contributed by atoms with Crippen molar-refractivity contribution in [3.8, 4) is 11.1 Å². The Morgan fingerprint density at radius 1 is 1.23 bits per heavy atom. The van der Waals surface area contributed by atoms with Gasteiger partial charge in [0, 0.05) is 23.2 Å². The van der Waals surface area contributed by atoms with Gasteiger partial charge in [0.15, 0.2) is 5.65 Å². The van der Waals surface area contributed by atoms with Gasteiger partial charge in [0.05, 0.1) is 18.9 Å². The van der Waals surface area contributed by atoms with Crippen molar-refractivity contribution in [2.45, 2.75) is 38.0 Å². The maximum Gasteiger partial charge on any atom is 0.337 e. The summed E-state index contributed by atoms with van der Waals surface area (Å²) >= 11 is 0. The van der Waals surface area contributed by atoms with E-state index in [1.165, 1.54) is 26.4 Å². The van der Waals surface area contributed by atoms with Crippen LogP contribution in [0.25, 0.3) is 16.8 Å². The van der Waals surface area contributed by atoms with E-state index in [4.69, 9.17) is 15.5 Å². The number of benzene rings is 1. The predicted molar refractivity (Wildman–Crippen MR) is 100 cm³/mol. The number of nitrogen functional groups attached to an aromatic ring is 1. The number of carbonyl (C=O) groups excluding carboxylic acids is 1. The molecule has 1 aromatic carbocycles. The molecule has 0 spiro atoms. The third kappa shape index (κ3) is 2.92. The number of methoxy groups -OCH3 is 1. The number of ether oxygens (including phenoxy) is 1. The maximum absolute atomic E-state index is 11.8. The number of anilines is 1. The fourth-order valence-corrected chi connectivity index (χ4v) is 3.75. The summed E-state index contributed by atoms with van der Waals surface area (Å²) in [5, 5.41) is 4.39. The molecular weight excluding hydrogens is 328 g/mol. The van der Waals surface area contributed by atoms with E-state index < -0.39 is 0 Å². The Morgan fingerprint density at radius 2 is 2.04 bits per heavy atom. The number of nitrogens with zero attached hydrogens (tertiary/aromatic N) is 3. The summed E-state index contributed by atoms with van der Waals surface area (Å²) < 4.78 is 6.48. The number of rotatable bonds is 3. The molecule has 2 heterocycles. The van der Waals surface area contributed by atoms with Gasteiger partial charge in [0.2, 0.25) is 0 Å². The minimum Gasteiger partial charge on any atom is -0.465 e. The predicted octanol–water partition coefficient (Wildman–Crippen LogP) is 3.81. The van der Waals surface area contributed by atoms with Crippen molar-refractivity contribution in [2.24, 2.45) is 0 Å². The van der Waals surface area contributed by atoms with Crippen molar-refractivity contribution in [2.75, 3.05) is 12.8 Å². The highest BCUT2D eigenvalue weighted by Crippen LogP contribution is 2.34. The summed E-state index contributed by atoms with van der Waals surface area (Å²) in [5.41, 5.74) is 10.2. The first-order valence-corrected chi connectivity index (χ1v) is 9.00. The van der Waals surface area contributed by atoms with Gasteiger partial charge in [-0.15, -0.1) is 0 Å². The topological polar surface area (TPSA) is 82.5 Å². The second kappa shape index (κ2) is 6.78. The Labute approximate surface area is 152 Å². The van der Waals surface area contributed by atoms with Crippen LogP contribution in [0.15, 0.2) is 36.5 Å². The summed E-state index contributed by atoms with van der Waals surface area (Å²) in [6.07, 6.45) is 7.84. The quantitative estimate of drug-likeness (QED) is 0.726. The first-order valence-electron chi connectivity index (χ1n) is 9.00. The van der Waals surface area contributed by atoms with Crippen LogP contribution in [-0.2, 0) is 4.74 Å². The van der Waals surface area contributed by atoms with E-state index in [0.29, 0.717) is 17.3 Å². The Kier molecular flexibility index (Phi) is 4.32. The normalized spacial score (nSPS) is 15.3. The van der Waals surface area contributed by atoms with E-state index in [0.717, 1.165) is 35.3 Å². The maximum atomic E-state index is 11.8. The summed E-state index contributed by atoms with van der Waals surface area (Å²) in [5.74, 6) is 0.685. The van der Waals surface area contributed by atoms with E-state index >= 15 is 0 Å². The summed E-state index contributed by atoms with van der Waals surface area (Å²) in [6, 6.07) is 9.25. The number of nitrogens with two attached hydrogens (primary N) is 1. The molecule has 2 N–H and O–H groups in total. The molecule has 0 unspecified atom stereocenters. The molecule has 4 rings (SSSR count). The summed E-state index contributed by atoms with van der Waals surface area (Å²) in [4.78, 5) is 16.7. The van der Waals surface area contributed by atoms with Crippen LogP contribution in [0.4, 0.5) is 5.82 Å². The molecule has 6 heteroatoms. The minimum atomic E-state index is -0.362. The average molecular weight is 350 g/mol. The Balaban J connectivity index is 1.81. The van der Waals surface area contributed by atoms with Crippen LogP contribution in [0.5, 0.6) is 0 Å². The summed E-state index contributed by atoms with van der Waals surface area (Å²) in [6.45, 7) is 0. The van der Waals surface area contributed by atoms with Crippen molar-refractivity contribution in [1.82, 2.24) is 14.6 Å². The Morgan fingerprint density at radius 3 is 2.81 bits per heavy atom. The fourth-order valence-electron chi connectivity index (χ4n) is 3.75. The second-order valence-electron chi connectivity index (χ2n) is 6.81. The molecule has 1 saturated carbocycles. The van der Waals surface area contributed by atoms with E-state index in [2.05, 4.69) is 5.10 Å². The fraction of sp³-hybridized carbons (Fsp3) is 0.350. The lowest BCUT2D eigenvalue weighted by Crippen LogP contribution is -2.10. The van der Waals surface area contributed by atoms with Crippen LogP contribution in [0.3, 0.4) is 0 Å². The standard InChI is InChI=1S/C20H22N4O2/c1-26-20(25)15-9-5-8-14(10-15)16-12-22-24-18(21)11-17(23-19(16)24)13-6-3-2-4-7-13/h5,8-13H,2-4,6-7,21H2,1H3. The molecule has 1 aliphatic rings. The minimum absolute atomic E-state index is 0.362. The van der Waals surface area contributed by atoms with E-state index in [-0.39, 0.29) is 5.97 Å². The van der Waals surface area contributed by atoms with Crippen LogP contribution in [-0.4, -0.2) is 27.7 Å². The van der Waals surface area contributed by atoms with E-state index in [1.54, 1.807) is 22.8 Å². The number of carbonyl (C=O) groups is 1. The molecule has 0 atom stereocenters. The van der Waals surface area contributed by atoms with Gasteiger partial charge in [-0.3, -0.25) is 0 Å². The highest BCUT2D eigenvalue weighted by Gasteiger charge is 2.20. The number of fused-ring (bicyclic) bond motifs is 1. The van der Waals surface area contributed by atoms with Crippen molar-refractivity contribution in [3.05, 3.63) is 47.8 Å². The van der Waals surface area contributed by atoms with Gasteiger partial charge < -0.3 is 10.5 Å². The molecule has 3 aromatic rings. The summed E-state index contributed by atoms with van der Waals surface area (Å²) in [7, 11) is 1.38. The lowest BCUT2D eigenvalue weighted by Gasteiger charge is -2.21. The number of aromatic nitrogens is 3. The van der Waals surface area contributed by atoms with Gasteiger partial charge in [-0.2, -0.15) is 9.61 Å². The van der Waals surface area contributed by atoms with Crippen LogP contribution >= 0.6 is 0 Å². The molecule has 0 bridgehead atoms. The van der Waals surface area contributed by atoms with Crippen molar-refractivity contribution in [1.29, 1.82) is 0 Å². The highest BCUT2D eigenvalue weighted by molar-refractivity contribution is 5.92. The van der Waals surface area contributed by atoms with Crippen molar-refractivity contribution < 1.29 is 9.53 Å². The van der Waals surface area contributed by atoms with Crippen molar-refractivity contribution in [3.63, 3.8) is 0 Å². The first kappa shape index (κ1) is 16.6.